The number of halogens is 2. The van der Waals surface area contributed by atoms with Crippen molar-refractivity contribution in [3.05, 3.63) is 81.2 Å². The Balaban J connectivity index is 1.81. The van der Waals surface area contributed by atoms with E-state index in [9.17, 15) is 15.2 Å². The monoisotopic (exact) mass is 490 g/mol. The Morgan fingerprint density at radius 2 is 1.85 bits per heavy atom. The minimum atomic E-state index is -1.11. The van der Waals surface area contributed by atoms with Gasteiger partial charge >= 0.3 is 5.97 Å². The van der Waals surface area contributed by atoms with E-state index in [0.29, 0.717) is 56.7 Å². The van der Waals surface area contributed by atoms with Crippen molar-refractivity contribution in [3.8, 4) is 39.9 Å². The number of methoxy groups -OCH3 is 1. The zero-order chi connectivity index (χ0) is 24.0. The summed E-state index contributed by atoms with van der Waals surface area (Å²) in [6.07, 6.45) is 4.28. The average Bonchev–Trinajstić information content (AvgIpc) is 3.23. The van der Waals surface area contributed by atoms with Crippen LogP contribution in [0.3, 0.4) is 0 Å². The highest BCUT2D eigenvalue weighted by atomic mass is 35.5. The molecular weight excluding hydrogens is 475 g/mol. The number of fused-ring (bicyclic) bond motifs is 3. The Morgan fingerprint density at radius 1 is 1.09 bits per heavy atom. The van der Waals surface area contributed by atoms with Crippen molar-refractivity contribution in [2.45, 2.75) is 12.8 Å². The summed E-state index contributed by atoms with van der Waals surface area (Å²) in [6, 6.07) is 12.7. The summed E-state index contributed by atoms with van der Waals surface area (Å²) in [4.78, 5) is 16.2. The summed E-state index contributed by atoms with van der Waals surface area (Å²) in [6.45, 7) is 0. The number of benzene rings is 2. The maximum absolute atomic E-state index is 12.0. The van der Waals surface area contributed by atoms with Crippen LogP contribution in [0.4, 0.5) is 0 Å². The lowest BCUT2D eigenvalue weighted by molar-refractivity contribution is 0.0688. The quantitative estimate of drug-likeness (QED) is 0.400. The third kappa shape index (κ3) is 3.67. The lowest BCUT2D eigenvalue weighted by Gasteiger charge is -2.22. The molecule has 0 saturated heterocycles. The molecule has 0 amide bonds. The molecule has 0 fully saturated rings. The highest BCUT2D eigenvalue weighted by Crippen LogP contribution is 2.43. The van der Waals surface area contributed by atoms with Gasteiger partial charge in [-0.25, -0.2) is 9.48 Å². The lowest BCUT2D eigenvalue weighted by atomic mass is 9.86. The Morgan fingerprint density at radius 3 is 2.53 bits per heavy atom. The van der Waals surface area contributed by atoms with Crippen LogP contribution in [-0.2, 0) is 12.8 Å². The number of carboxylic acid groups (broad SMARTS) is 1. The van der Waals surface area contributed by atoms with Crippen molar-refractivity contribution in [2.24, 2.45) is 0 Å². The molecule has 7 nitrogen and oxygen atoms in total. The van der Waals surface area contributed by atoms with Gasteiger partial charge in [0.1, 0.15) is 11.8 Å². The van der Waals surface area contributed by atoms with Crippen LogP contribution in [0.1, 0.15) is 27.2 Å². The predicted octanol–water partition coefficient (Wildman–Crippen LogP) is 5.59. The molecule has 2 heterocycles. The number of nitrogens with zero attached hydrogens (tertiary/aromatic N) is 4. The molecule has 4 aromatic rings. The second kappa shape index (κ2) is 8.49. The Kier molecular flexibility index (Phi) is 5.48. The molecule has 0 radical (unpaired) electrons. The number of aromatic carboxylic acids is 1. The standard InChI is InChI=1S/C25H16Cl2N4O3/c1-34-22-5-14-2-3-19-23(25(32)33)30-31(18-7-16(26)6-17(27)8-18)24(19)21(14)9-20(22)15-4-13(10-28)11-29-12-15/h4-9,11-12H,2-3H2,1H3,(H,32,33). The number of ether oxygens (including phenoxy) is 1. The number of carbonyl (C=O) groups is 1. The Hall–Kier alpha value is -3.86. The number of aromatic nitrogens is 3. The van der Waals surface area contributed by atoms with Crippen LogP contribution in [0.25, 0.3) is 28.1 Å². The Labute approximate surface area is 204 Å². The molecule has 168 valence electrons. The smallest absolute Gasteiger partial charge is 0.356 e. The fourth-order valence-electron chi connectivity index (χ4n) is 4.34. The van der Waals surface area contributed by atoms with Crippen LogP contribution >= 0.6 is 23.2 Å². The number of nitriles is 1. The van der Waals surface area contributed by atoms with Crippen LogP contribution in [-0.4, -0.2) is 33.0 Å². The van der Waals surface area contributed by atoms with E-state index in [4.69, 9.17) is 27.9 Å². The third-order valence-electron chi connectivity index (χ3n) is 5.78. The molecule has 5 rings (SSSR count). The normalized spacial score (nSPS) is 11.9. The zero-order valence-electron chi connectivity index (χ0n) is 17.8. The van der Waals surface area contributed by atoms with Gasteiger partial charge in [0.15, 0.2) is 5.69 Å². The van der Waals surface area contributed by atoms with Crippen molar-refractivity contribution in [2.75, 3.05) is 7.11 Å². The van der Waals surface area contributed by atoms with E-state index in [-0.39, 0.29) is 5.69 Å². The first-order valence-electron chi connectivity index (χ1n) is 10.3. The minimum absolute atomic E-state index is 0.0118. The van der Waals surface area contributed by atoms with E-state index in [1.54, 1.807) is 42.3 Å². The molecule has 0 aliphatic heterocycles. The van der Waals surface area contributed by atoms with Crippen LogP contribution in [0, 0.1) is 11.3 Å². The lowest BCUT2D eigenvalue weighted by Crippen LogP contribution is -2.09. The van der Waals surface area contributed by atoms with Crippen molar-refractivity contribution in [3.63, 3.8) is 0 Å². The summed E-state index contributed by atoms with van der Waals surface area (Å²) >= 11 is 12.5. The minimum Gasteiger partial charge on any atom is -0.496 e. The highest BCUT2D eigenvalue weighted by Gasteiger charge is 2.30. The maximum atomic E-state index is 12.0. The number of carboxylic acids is 1. The van der Waals surface area contributed by atoms with Crippen molar-refractivity contribution in [1.29, 1.82) is 5.26 Å². The van der Waals surface area contributed by atoms with E-state index in [1.165, 1.54) is 6.20 Å². The van der Waals surface area contributed by atoms with Crippen LogP contribution < -0.4 is 4.74 Å². The SMILES string of the molecule is COc1cc2c(cc1-c1cncc(C#N)c1)-c1c(c(C(=O)O)nn1-c1cc(Cl)cc(Cl)c1)CC2. The molecule has 1 aliphatic rings. The molecule has 0 spiro atoms. The topological polar surface area (TPSA) is 101 Å². The number of pyridine rings is 1. The van der Waals surface area contributed by atoms with Gasteiger partial charge in [-0.2, -0.15) is 10.4 Å². The van der Waals surface area contributed by atoms with Crippen LogP contribution in [0.5, 0.6) is 5.75 Å². The molecule has 0 atom stereocenters. The molecule has 0 saturated carbocycles. The summed E-state index contributed by atoms with van der Waals surface area (Å²) in [5, 5.41) is 24.4. The van der Waals surface area contributed by atoms with E-state index in [0.717, 1.165) is 16.7 Å². The van der Waals surface area contributed by atoms with Crippen molar-refractivity contribution < 1.29 is 14.6 Å². The van der Waals surface area contributed by atoms with Crippen molar-refractivity contribution >= 4 is 29.2 Å². The van der Waals surface area contributed by atoms with Gasteiger partial charge in [-0.05, 0) is 54.8 Å². The molecule has 2 aromatic carbocycles. The first-order valence-corrected chi connectivity index (χ1v) is 11.0. The molecule has 0 unspecified atom stereocenters. The molecule has 1 N–H and O–H groups in total. The van der Waals surface area contributed by atoms with Crippen LogP contribution in [0.2, 0.25) is 10.0 Å². The maximum Gasteiger partial charge on any atom is 0.356 e. The number of hydrogen-bond acceptors (Lipinski definition) is 5. The molecule has 9 heteroatoms. The van der Waals surface area contributed by atoms with Gasteiger partial charge in [0.2, 0.25) is 0 Å². The fraction of sp³-hybridized carbons (Fsp3) is 0.120. The summed E-state index contributed by atoms with van der Waals surface area (Å²) in [5.74, 6) is -0.472. The molecule has 2 aromatic heterocycles. The van der Waals surface area contributed by atoms with E-state index in [1.807, 2.05) is 12.1 Å². The summed E-state index contributed by atoms with van der Waals surface area (Å²) < 4.78 is 7.23. The van der Waals surface area contributed by atoms with Crippen LogP contribution in [0.15, 0.2) is 48.8 Å². The summed E-state index contributed by atoms with van der Waals surface area (Å²) in [7, 11) is 1.59. The second-order valence-electron chi connectivity index (χ2n) is 7.80. The van der Waals surface area contributed by atoms with Gasteiger partial charge in [-0.15, -0.1) is 0 Å². The second-order valence-corrected chi connectivity index (χ2v) is 8.68. The van der Waals surface area contributed by atoms with E-state index in [2.05, 4.69) is 16.2 Å². The predicted molar refractivity (Wildman–Crippen MR) is 128 cm³/mol. The molecule has 1 aliphatic carbocycles. The first-order chi connectivity index (χ1) is 16.4. The summed E-state index contributed by atoms with van der Waals surface area (Å²) in [5.41, 5.74) is 5.50. The fourth-order valence-corrected chi connectivity index (χ4v) is 4.85. The first kappa shape index (κ1) is 22.0. The average molecular weight is 491 g/mol. The number of hydrogen-bond donors (Lipinski definition) is 1. The van der Waals surface area contributed by atoms with Gasteiger partial charge < -0.3 is 9.84 Å². The number of aryl methyl sites for hydroxylation is 1. The Bertz CT molecular complexity index is 1500. The van der Waals surface area contributed by atoms with Gasteiger partial charge in [0.25, 0.3) is 0 Å². The van der Waals surface area contributed by atoms with E-state index >= 15 is 0 Å². The van der Waals surface area contributed by atoms with E-state index < -0.39 is 5.97 Å². The molecular formula is C25H16Cl2N4O3. The third-order valence-corrected chi connectivity index (χ3v) is 6.22. The highest BCUT2D eigenvalue weighted by molar-refractivity contribution is 6.34. The molecule has 34 heavy (non-hydrogen) atoms. The number of rotatable bonds is 4. The van der Waals surface area contributed by atoms with Gasteiger partial charge in [-0.3, -0.25) is 4.98 Å². The molecule has 0 bridgehead atoms. The van der Waals surface area contributed by atoms with Gasteiger partial charge in [0, 0.05) is 44.7 Å². The zero-order valence-corrected chi connectivity index (χ0v) is 19.4. The van der Waals surface area contributed by atoms with Gasteiger partial charge in [-0.1, -0.05) is 23.2 Å². The van der Waals surface area contributed by atoms with Crippen molar-refractivity contribution in [1.82, 2.24) is 14.8 Å². The largest absolute Gasteiger partial charge is 0.496 e. The van der Waals surface area contributed by atoms with Gasteiger partial charge in [0.05, 0.1) is 24.1 Å².